The van der Waals surface area contributed by atoms with Gasteiger partial charge in [0.1, 0.15) is 5.69 Å². The summed E-state index contributed by atoms with van der Waals surface area (Å²) < 4.78 is 6.54. The number of aromatic nitrogens is 5. The summed E-state index contributed by atoms with van der Waals surface area (Å²) in [5, 5.41) is 23.8. The lowest BCUT2D eigenvalue weighted by Crippen LogP contribution is -2.23. The maximum absolute atomic E-state index is 10.9. The summed E-state index contributed by atoms with van der Waals surface area (Å²) in [6.07, 6.45) is 3.65. The first-order chi connectivity index (χ1) is 15.1. The Labute approximate surface area is 182 Å². The van der Waals surface area contributed by atoms with Crippen LogP contribution in [-0.4, -0.2) is 30.4 Å². The lowest BCUT2D eigenvalue weighted by Gasteiger charge is -2.25. The van der Waals surface area contributed by atoms with Crippen molar-refractivity contribution >= 4 is 32.5 Å². The third-order valence-electron chi connectivity index (χ3n) is 6.42. The van der Waals surface area contributed by atoms with Crippen LogP contribution in [0, 0.1) is 0 Å². The van der Waals surface area contributed by atoms with E-state index in [0.29, 0.717) is 24.7 Å². The Morgan fingerprint density at radius 2 is 2.00 bits per heavy atom. The number of fused-ring (bicyclic) bond motifs is 2. The van der Waals surface area contributed by atoms with Gasteiger partial charge >= 0.3 is 0 Å². The number of benzene rings is 1. The summed E-state index contributed by atoms with van der Waals surface area (Å²) in [5.74, 6) is 1.85. The van der Waals surface area contributed by atoms with Gasteiger partial charge in [0.2, 0.25) is 0 Å². The number of hydrogen-bond acceptors (Lipinski definition) is 6. The van der Waals surface area contributed by atoms with Gasteiger partial charge in [-0.05, 0) is 49.4 Å². The van der Waals surface area contributed by atoms with E-state index in [1.54, 1.807) is 11.3 Å². The number of thiophene rings is 1. The van der Waals surface area contributed by atoms with E-state index in [1.165, 1.54) is 0 Å². The van der Waals surface area contributed by atoms with E-state index in [4.69, 9.17) is 4.52 Å². The highest BCUT2D eigenvalue weighted by molar-refractivity contribution is 7.22. The number of hydrogen-bond donors (Lipinski definition) is 3. The van der Waals surface area contributed by atoms with Gasteiger partial charge in [0, 0.05) is 16.8 Å². The van der Waals surface area contributed by atoms with E-state index in [2.05, 4.69) is 37.5 Å². The molecule has 1 fully saturated rings. The van der Waals surface area contributed by atoms with Crippen LogP contribution in [0.2, 0.25) is 0 Å². The molecule has 6 rings (SSSR count). The summed E-state index contributed by atoms with van der Waals surface area (Å²) in [7, 11) is 0. The predicted octanol–water partition coefficient (Wildman–Crippen LogP) is 5.71. The third kappa shape index (κ3) is 3.01. The minimum Gasteiger partial charge on any atom is -0.385 e. The van der Waals surface area contributed by atoms with Crippen LogP contribution in [0.4, 0.5) is 0 Å². The average molecular weight is 434 g/mol. The number of nitrogens with zero attached hydrogens (tertiary/aromatic N) is 3. The van der Waals surface area contributed by atoms with Crippen LogP contribution in [0.3, 0.4) is 0 Å². The molecule has 0 radical (unpaired) electrons. The molecule has 158 valence electrons. The van der Waals surface area contributed by atoms with Crippen molar-refractivity contribution < 1.29 is 9.63 Å². The second kappa shape index (κ2) is 6.77. The molecule has 1 saturated carbocycles. The van der Waals surface area contributed by atoms with E-state index < -0.39 is 5.60 Å². The van der Waals surface area contributed by atoms with Crippen molar-refractivity contribution in [2.75, 3.05) is 0 Å². The van der Waals surface area contributed by atoms with E-state index >= 15 is 0 Å². The van der Waals surface area contributed by atoms with Crippen molar-refractivity contribution in [2.45, 2.75) is 51.0 Å². The number of nitrogens with one attached hydrogen (secondary N) is 2. The Hall–Kier alpha value is -2.97. The molecular weight excluding hydrogens is 410 g/mol. The van der Waals surface area contributed by atoms with Crippen LogP contribution in [0.15, 0.2) is 34.9 Å². The van der Waals surface area contributed by atoms with Crippen molar-refractivity contribution in [1.82, 2.24) is 25.3 Å². The number of rotatable bonds is 6. The standard InChI is InChI=1S/C23H23N5O2S/c1-3-23(29,4-2)14-8-7-13-9-16(24-15(13)10-14)19-20-17(26-27-19)11-18(31-20)22-25-21(28-30-22)12-5-6-12/h7-12,24,29H,3-6H2,1-2H3,(H,26,27). The lowest BCUT2D eigenvalue weighted by molar-refractivity contribution is 0.0285. The SMILES string of the molecule is CCC(O)(CC)c1ccc2cc(-c3n[nH]c4cc(-c5nc(C6CC6)no5)sc34)[nH]c2c1. The van der Waals surface area contributed by atoms with Crippen molar-refractivity contribution in [3.8, 4) is 22.2 Å². The molecule has 0 unspecified atom stereocenters. The monoisotopic (exact) mass is 433 g/mol. The summed E-state index contributed by atoms with van der Waals surface area (Å²) in [5.41, 5.74) is 3.88. The maximum atomic E-state index is 10.9. The molecule has 0 atom stereocenters. The Bertz CT molecular complexity index is 1400. The molecule has 0 aliphatic heterocycles. The molecule has 8 heteroatoms. The van der Waals surface area contributed by atoms with E-state index in [0.717, 1.165) is 61.6 Å². The third-order valence-corrected chi connectivity index (χ3v) is 7.54. The van der Waals surface area contributed by atoms with Crippen molar-refractivity contribution in [1.29, 1.82) is 0 Å². The fourth-order valence-electron chi connectivity index (χ4n) is 4.15. The van der Waals surface area contributed by atoms with Crippen LogP contribution >= 0.6 is 11.3 Å². The first-order valence-electron chi connectivity index (χ1n) is 10.8. The quantitative estimate of drug-likeness (QED) is 0.318. The first kappa shape index (κ1) is 18.8. The molecule has 3 N–H and O–H groups in total. The van der Waals surface area contributed by atoms with Crippen LogP contribution < -0.4 is 0 Å². The van der Waals surface area contributed by atoms with Gasteiger partial charge in [-0.2, -0.15) is 10.1 Å². The zero-order valence-electron chi connectivity index (χ0n) is 17.4. The van der Waals surface area contributed by atoms with Crippen LogP contribution in [0.25, 0.3) is 43.3 Å². The van der Waals surface area contributed by atoms with Gasteiger partial charge in [0.25, 0.3) is 5.89 Å². The van der Waals surface area contributed by atoms with E-state index in [-0.39, 0.29) is 0 Å². The largest absolute Gasteiger partial charge is 0.385 e. The van der Waals surface area contributed by atoms with Crippen molar-refractivity contribution in [2.24, 2.45) is 0 Å². The number of aromatic amines is 2. The molecule has 0 amide bonds. The molecule has 0 saturated heterocycles. The van der Waals surface area contributed by atoms with Gasteiger partial charge in [0.15, 0.2) is 5.82 Å². The van der Waals surface area contributed by atoms with E-state index in [9.17, 15) is 5.11 Å². The number of H-pyrrole nitrogens is 2. The van der Waals surface area contributed by atoms with Gasteiger partial charge in [-0.3, -0.25) is 5.10 Å². The fourth-order valence-corrected chi connectivity index (χ4v) is 5.18. The van der Waals surface area contributed by atoms with Crippen molar-refractivity contribution in [3.63, 3.8) is 0 Å². The molecule has 1 aliphatic rings. The zero-order chi connectivity index (χ0) is 21.2. The molecule has 4 heterocycles. The molecule has 31 heavy (non-hydrogen) atoms. The van der Waals surface area contributed by atoms with Gasteiger partial charge in [0.05, 0.1) is 26.4 Å². The molecule has 4 aromatic heterocycles. The lowest BCUT2D eigenvalue weighted by atomic mass is 9.88. The Morgan fingerprint density at radius 3 is 2.77 bits per heavy atom. The molecule has 0 bridgehead atoms. The van der Waals surface area contributed by atoms with Gasteiger partial charge in [-0.1, -0.05) is 31.1 Å². The zero-order valence-corrected chi connectivity index (χ0v) is 18.2. The summed E-state index contributed by atoms with van der Waals surface area (Å²) in [6.45, 7) is 4.03. The Balaban J connectivity index is 1.39. The average Bonchev–Trinajstić information content (AvgIpc) is 3.17. The highest BCUT2D eigenvalue weighted by Gasteiger charge is 2.29. The number of aliphatic hydroxyl groups is 1. The van der Waals surface area contributed by atoms with Gasteiger partial charge in [-0.15, -0.1) is 11.3 Å². The topological polar surface area (TPSA) is 104 Å². The second-order valence-electron chi connectivity index (χ2n) is 8.38. The summed E-state index contributed by atoms with van der Waals surface area (Å²) in [6, 6.07) is 10.2. The summed E-state index contributed by atoms with van der Waals surface area (Å²) in [4.78, 5) is 9.00. The first-order valence-corrected chi connectivity index (χ1v) is 11.6. The molecule has 7 nitrogen and oxygen atoms in total. The van der Waals surface area contributed by atoms with Gasteiger partial charge < -0.3 is 14.6 Å². The molecule has 1 aromatic carbocycles. The second-order valence-corrected chi connectivity index (χ2v) is 9.43. The molecular formula is C23H23N5O2S. The van der Waals surface area contributed by atoms with Crippen LogP contribution in [0.1, 0.15) is 56.8 Å². The van der Waals surface area contributed by atoms with Crippen molar-refractivity contribution in [3.05, 3.63) is 41.7 Å². The smallest absolute Gasteiger partial charge is 0.268 e. The Kier molecular flexibility index (Phi) is 4.10. The highest BCUT2D eigenvalue weighted by atomic mass is 32.1. The van der Waals surface area contributed by atoms with E-state index in [1.807, 2.05) is 32.0 Å². The minimum atomic E-state index is -0.800. The molecule has 5 aromatic rings. The Morgan fingerprint density at radius 1 is 1.16 bits per heavy atom. The maximum Gasteiger partial charge on any atom is 0.268 e. The van der Waals surface area contributed by atoms with Crippen LogP contribution in [0.5, 0.6) is 0 Å². The normalized spacial score (nSPS) is 14.8. The predicted molar refractivity (Wildman–Crippen MR) is 121 cm³/mol. The molecule has 1 aliphatic carbocycles. The van der Waals surface area contributed by atoms with Gasteiger partial charge in [-0.25, -0.2) is 0 Å². The van der Waals surface area contributed by atoms with Crippen LogP contribution in [-0.2, 0) is 5.60 Å². The fraction of sp³-hybridized carbons (Fsp3) is 0.348. The summed E-state index contributed by atoms with van der Waals surface area (Å²) >= 11 is 1.60. The molecule has 0 spiro atoms. The minimum absolute atomic E-state index is 0.467. The highest BCUT2D eigenvalue weighted by Crippen LogP contribution is 2.41.